The lowest BCUT2D eigenvalue weighted by molar-refractivity contribution is -0.117. The fraction of sp³-hybridized carbons (Fsp3) is 0.346. The average molecular weight is 462 g/mol. The number of alkyl halides is 1. The minimum Gasteiger partial charge on any atom is -0.340 e. The van der Waals surface area contributed by atoms with Crippen LogP contribution in [-0.4, -0.2) is 32.8 Å². The highest BCUT2D eigenvalue weighted by atomic mass is 19.1. The van der Waals surface area contributed by atoms with E-state index in [2.05, 4.69) is 38.6 Å². The zero-order valence-corrected chi connectivity index (χ0v) is 19.6. The number of rotatable bonds is 8. The third kappa shape index (κ3) is 5.11. The Bertz CT molecular complexity index is 1220. The van der Waals surface area contributed by atoms with Gasteiger partial charge in [0.2, 0.25) is 5.91 Å². The number of allylic oxidation sites excluding steroid dienone is 5. The maximum atomic E-state index is 13.2. The largest absolute Gasteiger partial charge is 0.340 e. The number of aromatic nitrogens is 3. The van der Waals surface area contributed by atoms with Gasteiger partial charge in [-0.25, -0.2) is 19.3 Å². The average Bonchev–Trinajstić information content (AvgIpc) is 3.61. The highest BCUT2D eigenvalue weighted by Gasteiger charge is 2.43. The van der Waals surface area contributed by atoms with Gasteiger partial charge in [0, 0.05) is 35.5 Å². The Morgan fingerprint density at radius 3 is 2.71 bits per heavy atom. The van der Waals surface area contributed by atoms with E-state index in [1.54, 1.807) is 18.3 Å². The first kappa shape index (κ1) is 23.5. The summed E-state index contributed by atoms with van der Waals surface area (Å²) in [5.41, 5.74) is 5.01. The number of Topliss-reactive ketones (excluding diaryl/α,β-unsaturated/α-hetero) is 1. The number of amides is 1. The van der Waals surface area contributed by atoms with Crippen molar-refractivity contribution in [2.75, 3.05) is 10.6 Å². The van der Waals surface area contributed by atoms with Crippen molar-refractivity contribution >= 4 is 23.3 Å². The predicted octanol–water partition coefficient (Wildman–Crippen LogP) is 5.17. The molecule has 176 valence electrons. The molecule has 0 radical (unpaired) electrons. The van der Waals surface area contributed by atoms with Crippen molar-refractivity contribution in [3.05, 3.63) is 65.3 Å². The Kier molecular flexibility index (Phi) is 6.95. The fourth-order valence-electron chi connectivity index (χ4n) is 3.91. The lowest BCUT2D eigenvalue weighted by atomic mass is 9.98. The van der Waals surface area contributed by atoms with Crippen LogP contribution in [0.2, 0.25) is 0 Å². The molecule has 0 bridgehead atoms. The number of hydrogen-bond donors (Lipinski definition) is 2. The number of carbonyl (C=O) groups excluding carboxylic acids is 2. The fourth-order valence-corrected chi connectivity index (χ4v) is 3.91. The minimum absolute atomic E-state index is 0.144. The van der Waals surface area contributed by atoms with Crippen LogP contribution in [0.5, 0.6) is 0 Å². The van der Waals surface area contributed by atoms with Gasteiger partial charge < -0.3 is 10.6 Å². The molecule has 2 heterocycles. The van der Waals surface area contributed by atoms with Crippen LogP contribution in [0.15, 0.2) is 65.3 Å². The van der Waals surface area contributed by atoms with E-state index in [9.17, 15) is 14.0 Å². The second kappa shape index (κ2) is 10.1. The molecule has 0 aromatic carbocycles. The van der Waals surface area contributed by atoms with Crippen LogP contribution in [0.4, 0.5) is 16.0 Å². The molecule has 8 heteroatoms. The topological polar surface area (TPSA) is 96.9 Å². The molecule has 7 nitrogen and oxygen atoms in total. The Balaban J connectivity index is 1.59. The monoisotopic (exact) mass is 461 g/mol. The van der Waals surface area contributed by atoms with E-state index in [0.717, 1.165) is 34.4 Å². The molecule has 0 saturated heterocycles. The summed E-state index contributed by atoms with van der Waals surface area (Å²) in [5.74, 6) is 0.0741. The quantitative estimate of drug-likeness (QED) is 0.563. The summed E-state index contributed by atoms with van der Waals surface area (Å²) in [6.07, 6.45) is 8.20. The van der Waals surface area contributed by atoms with E-state index in [-0.39, 0.29) is 18.1 Å². The Labute approximate surface area is 198 Å². The Hall–Kier alpha value is -3.68. The van der Waals surface area contributed by atoms with Crippen molar-refractivity contribution in [1.82, 2.24) is 15.0 Å². The van der Waals surface area contributed by atoms with E-state index in [4.69, 9.17) is 0 Å². The van der Waals surface area contributed by atoms with Gasteiger partial charge in [-0.2, -0.15) is 0 Å². The Morgan fingerprint density at radius 1 is 1.21 bits per heavy atom. The number of hydrogen-bond acceptors (Lipinski definition) is 6. The molecule has 2 aromatic heterocycles. The van der Waals surface area contributed by atoms with E-state index in [0.29, 0.717) is 30.2 Å². The van der Waals surface area contributed by atoms with E-state index in [1.165, 1.54) is 6.33 Å². The molecular formula is C26H28FN5O2. The summed E-state index contributed by atoms with van der Waals surface area (Å²) >= 11 is 0. The lowest BCUT2D eigenvalue weighted by Gasteiger charge is -2.14. The number of pyridine rings is 1. The molecule has 1 saturated carbocycles. The number of anilines is 2. The van der Waals surface area contributed by atoms with Gasteiger partial charge in [0.1, 0.15) is 24.1 Å². The van der Waals surface area contributed by atoms with Gasteiger partial charge in [0.15, 0.2) is 5.78 Å². The lowest BCUT2D eigenvalue weighted by Crippen LogP contribution is -2.16. The van der Waals surface area contributed by atoms with Crippen LogP contribution in [0.1, 0.15) is 46.5 Å². The van der Waals surface area contributed by atoms with Gasteiger partial charge in [-0.05, 0) is 50.0 Å². The van der Waals surface area contributed by atoms with Crippen LogP contribution in [0, 0.1) is 5.92 Å². The first-order valence-electron chi connectivity index (χ1n) is 11.5. The first-order chi connectivity index (χ1) is 16.4. The molecule has 1 fully saturated rings. The molecule has 2 aliphatic rings. The van der Waals surface area contributed by atoms with Crippen molar-refractivity contribution in [3.63, 3.8) is 0 Å². The zero-order chi connectivity index (χ0) is 24.2. The SMILES string of the molecule is CCC(=O)C1=C(CC)CC=C(Nc2ncccc2-c2cc(NC(=O)[C@H]3C[C@H]3F)ncn2)C(C)=C1. The van der Waals surface area contributed by atoms with Crippen LogP contribution < -0.4 is 10.6 Å². The summed E-state index contributed by atoms with van der Waals surface area (Å²) in [4.78, 5) is 37.5. The predicted molar refractivity (Wildman–Crippen MR) is 130 cm³/mol. The molecule has 1 amide bonds. The highest BCUT2D eigenvalue weighted by Crippen LogP contribution is 2.35. The van der Waals surface area contributed by atoms with Gasteiger partial charge in [-0.1, -0.05) is 25.5 Å². The standard InChI is InChI=1S/C26H28FN5O2/c1-4-16-8-9-21(15(3)11-18(16)23(33)5-2)31-25-17(7-6-10-28-25)22-13-24(30-14-29-22)32-26(34)19-12-20(19)27/h6-7,9-11,13-14,19-20H,4-5,8,12H2,1-3H3,(H,28,31)(H,29,30,32,34)/t19-,20+/m0/s1. The molecule has 34 heavy (non-hydrogen) atoms. The molecular weight excluding hydrogens is 433 g/mol. The molecule has 0 spiro atoms. The van der Waals surface area contributed by atoms with E-state index in [1.807, 2.05) is 26.0 Å². The summed E-state index contributed by atoms with van der Waals surface area (Å²) in [7, 11) is 0. The molecule has 0 unspecified atom stereocenters. The number of ketones is 1. The maximum absolute atomic E-state index is 13.2. The summed E-state index contributed by atoms with van der Waals surface area (Å²) in [6.45, 7) is 5.91. The molecule has 2 aliphatic carbocycles. The molecule has 4 rings (SSSR count). The third-order valence-electron chi connectivity index (χ3n) is 6.07. The van der Waals surface area contributed by atoms with Gasteiger partial charge >= 0.3 is 0 Å². The van der Waals surface area contributed by atoms with Crippen LogP contribution >= 0.6 is 0 Å². The third-order valence-corrected chi connectivity index (χ3v) is 6.07. The second-order valence-electron chi connectivity index (χ2n) is 8.46. The van der Waals surface area contributed by atoms with Crippen LogP contribution in [0.3, 0.4) is 0 Å². The molecule has 0 aliphatic heterocycles. The maximum Gasteiger partial charge on any atom is 0.231 e. The number of halogens is 1. The van der Waals surface area contributed by atoms with Crippen LogP contribution in [-0.2, 0) is 9.59 Å². The normalized spacial score (nSPS) is 19.6. The van der Waals surface area contributed by atoms with E-state index < -0.39 is 12.1 Å². The van der Waals surface area contributed by atoms with E-state index >= 15 is 0 Å². The van der Waals surface area contributed by atoms with Crippen molar-refractivity contribution < 1.29 is 14.0 Å². The summed E-state index contributed by atoms with van der Waals surface area (Å²) in [6, 6.07) is 5.33. The van der Waals surface area contributed by atoms with Gasteiger partial charge in [0.05, 0.1) is 11.6 Å². The van der Waals surface area contributed by atoms with Crippen molar-refractivity contribution in [2.45, 2.75) is 52.6 Å². The number of carbonyl (C=O) groups is 2. The number of nitrogens with zero attached hydrogens (tertiary/aromatic N) is 3. The second-order valence-corrected chi connectivity index (χ2v) is 8.46. The zero-order valence-electron chi connectivity index (χ0n) is 19.6. The first-order valence-corrected chi connectivity index (χ1v) is 11.5. The summed E-state index contributed by atoms with van der Waals surface area (Å²) < 4.78 is 13.2. The van der Waals surface area contributed by atoms with Gasteiger partial charge in [0.25, 0.3) is 0 Å². The van der Waals surface area contributed by atoms with Crippen LogP contribution in [0.25, 0.3) is 11.3 Å². The number of nitrogens with one attached hydrogen (secondary N) is 2. The smallest absolute Gasteiger partial charge is 0.231 e. The minimum atomic E-state index is -1.07. The molecule has 2 aromatic rings. The van der Waals surface area contributed by atoms with Gasteiger partial charge in [-0.15, -0.1) is 0 Å². The van der Waals surface area contributed by atoms with Crippen molar-refractivity contribution in [2.24, 2.45) is 5.92 Å². The molecule has 2 atom stereocenters. The highest BCUT2D eigenvalue weighted by molar-refractivity contribution is 5.99. The van der Waals surface area contributed by atoms with Gasteiger partial charge in [-0.3, -0.25) is 9.59 Å². The molecule has 2 N–H and O–H groups in total. The summed E-state index contributed by atoms with van der Waals surface area (Å²) in [5, 5.41) is 6.06. The Morgan fingerprint density at radius 2 is 2.00 bits per heavy atom. The van der Waals surface area contributed by atoms with Crippen molar-refractivity contribution in [1.29, 1.82) is 0 Å². The van der Waals surface area contributed by atoms with Crippen molar-refractivity contribution in [3.8, 4) is 11.3 Å².